The summed E-state index contributed by atoms with van der Waals surface area (Å²) in [6, 6.07) is 17.9. The Hall–Kier alpha value is -2.53. The Morgan fingerprint density at radius 2 is 1.91 bits per heavy atom. The molecule has 0 saturated carbocycles. The fraction of sp³-hybridized carbons (Fsp3) is 0.111. The molecule has 0 bridgehead atoms. The monoisotopic (exact) mass is 324 g/mol. The summed E-state index contributed by atoms with van der Waals surface area (Å²) >= 11 is 1.71. The van der Waals surface area contributed by atoms with Gasteiger partial charge in [-0.05, 0) is 24.0 Å². The zero-order valence-corrected chi connectivity index (χ0v) is 13.5. The predicted molar refractivity (Wildman–Crippen MR) is 92.5 cm³/mol. The highest BCUT2D eigenvalue weighted by Gasteiger charge is 2.05. The van der Waals surface area contributed by atoms with Crippen LogP contribution < -0.4 is 0 Å². The molecular weight excluding hydrogens is 308 g/mol. The van der Waals surface area contributed by atoms with E-state index in [9.17, 15) is 0 Å². The van der Waals surface area contributed by atoms with Gasteiger partial charge in [-0.3, -0.25) is 0 Å². The second kappa shape index (κ2) is 7.65. The SMILES string of the molecule is CSc1ccc(/C=N\OCc2ncc(-c3ccccc3)o2)cc1. The van der Waals surface area contributed by atoms with Crippen molar-refractivity contribution in [3.8, 4) is 11.3 Å². The van der Waals surface area contributed by atoms with Crippen LogP contribution >= 0.6 is 11.8 Å². The van der Waals surface area contributed by atoms with Crippen LogP contribution in [0.1, 0.15) is 11.5 Å². The average Bonchev–Trinajstić information content (AvgIpc) is 3.09. The van der Waals surface area contributed by atoms with Gasteiger partial charge in [0.05, 0.1) is 12.4 Å². The summed E-state index contributed by atoms with van der Waals surface area (Å²) in [6.45, 7) is 0.201. The van der Waals surface area contributed by atoms with E-state index in [2.05, 4.69) is 10.1 Å². The van der Waals surface area contributed by atoms with Gasteiger partial charge in [0.1, 0.15) is 0 Å². The Labute approximate surface area is 139 Å². The molecule has 0 N–H and O–H groups in total. The third-order valence-electron chi connectivity index (χ3n) is 3.19. The van der Waals surface area contributed by atoms with Gasteiger partial charge < -0.3 is 9.25 Å². The first-order valence-electron chi connectivity index (χ1n) is 7.14. The Morgan fingerprint density at radius 1 is 1.13 bits per heavy atom. The number of thioether (sulfide) groups is 1. The molecule has 116 valence electrons. The zero-order chi connectivity index (χ0) is 15.9. The minimum atomic E-state index is 0.201. The number of rotatable bonds is 6. The predicted octanol–water partition coefficient (Wildman–Crippen LogP) is 4.61. The van der Waals surface area contributed by atoms with E-state index in [-0.39, 0.29) is 6.61 Å². The van der Waals surface area contributed by atoms with Crippen molar-refractivity contribution in [3.05, 3.63) is 72.2 Å². The summed E-state index contributed by atoms with van der Waals surface area (Å²) in [7, 11) is 0. The van der Waals surface area contributed by atoms with E-state index >= 15 is 0 Å². The van der Waals surface area contributed by atoms with Gasteiger partial charge in [0.15, 0.2) is 12.4 Å². The molecule has 0 aliphatic heterocycles. The molecule has 0 aliphatic carbocycles. The molecule has 5 heteroatoms. The van der Waals surface area contributed by atoms with Gasteiger partial charge in [0.2, 0.25) is 5.89 Å². The van der Waals surface area contributed by atoms with Crippen molar-refractivity contribution in [1.29, 1.82) is 0 Å². The Kier molecular flexibility index (Phi) is 5.11. The summed E-state index contributed by atoms with van der Waals surface area (Å²) in [6.07, 6.45) is 5.41. The van der Waals surface area contributed by atoms with E-state index in [1.165, 1.54) is 4.90 Å². The van der Waals surface area contributed by atoms with Crippen molar-refractivity contribution >= 4 is 18.0 Å². The fourth-order valence-electron chi connectivity index (χ4n) is 1.99. The number of benzene rings is 2. The highest BCUT2D eigenvalue weighted by atomic mass is 32.2. The number of hydrogen-bond donors (Lipinski definition) is 0. The largest absolute Gasteiger partial charge is 0.437 e. The van der Waals surface area contributed by atoms with E-state index < -0.39 is 0 Å². The molecule has 1 aromatic heterocycles. The first kappa shape index (κ1) is 15.4. The van der Waals surface area contributed by atoms with E-state index in [1.54, 1.807) is 24.2 Å². The molecule has 1 heterocycles. The Morgan fingerprint density at radius 3 is 2.65 bits per heavy atom. The molecule has 23 heavy (non-hydrogen) atoms. The van der Waals surface area contributed by atoms with Crippen LogP contribution in [-0.4, -0.2) is 17.5 Å². The third-order valence-corrected chi connectivity index (χ3v) is 3.94. The van der Waals surface area contributed by atoms with E-state index in [4.69, 9.17) is 9.25 Å². The molecule has 0 radical (unpaired) electrons. The smallest absolute Gasteiger partial charge is 0.235 e. The van der Waals surface area contributed by atoms with Gasteiger partial charge in [0, 0.05) is 10.5 Å². The summed E-state index contributed by atoms with van der Waals surface area (Å²) in [5, 5.41) is 3.94. The van der Waals surface area contributed by atoms with Gasteiger partial charge in [-0.1, -0.05) is 47.6 Å². The zero-order valence-electron chi connectivity index (χ0n) is 12.7. The molecule has 4 nitrogen and oxygen atoms in total. The van der Waals surface area contributed by atoms with Gasteiger partial charge >= 0.3 is 0 Å². The molecule has 3 aromatic rings. The summed E-state index contributed by atoms with van der Waals surface area (Å²) < 4.78 is 5.64. The van der Waals surface area contributed by atoms with Crippen molar-refractivity contribution in [3.63, 3.8) is 0 Å². The maximum Gasteiger partial charge on any atom is 0.235 e. The normalized spacial score (nSPS) is 11.0. The van der Waals surface area contributed by atoms with Crippen molar-refractivity contribution < 1.29 is 9.25 Å². The van der Waals surface area contributed by atoms with Crippen LogP contribution in [0.3, 0.4) is 0 Å². The van der Waals surface area contributed by atoms with Crippen LogP contribution in [0.2, 0.25) is 0 Å². The van der Waals surface area contributed by atoms with Gasteiger partial charge in [0.25, 0.3) is 0 Å². The maximum absolute atomic E-state index is 5.64. The highest BCUT2D eigenvalue weighted by Crippen LogP contribution is 2.20. The molecule has 0 atom stereocenters. The molecule has 0 fully saturated rings. The number of oxazole rings is 1. The standard InChI is InChI=1S/C18H16N2O2S/c1-23-16-9-7-14(8-10-16)11-20-21-13-18-19-12-17(22-18)15-5-3-2-4-6-15/h2-12H,13H2,1H3/b20-11-. The van der Waals surface area contributed by atoms with Crippen LogP contribution in [-0.2, 0) is 11.4 Å². The van der Waals surface area contributed by atoms with Crippen LogP contribution in [0, 0.1) is 0 Å². The number of nitrogens with zero attached hydrogens (tertiary/aromatic N) is 2. The molecule has 0 saturated heterocycles. The number of hydrogen-bond acceptors (Lipinski definition) is 5. The summed E-state index contributed by atoms with van der Waals surface area (Å²) in [5.41, 5.74) is 1.98. The van der Waals surface area contributed by atoms with Gasteiger partial charge in [-0.2, -0.15) is 0 Å². The maximum atomic E-state index is 5.64. The topological polar surface area (TPSA) is 47.6 Å². The third kappa shape index (κ3) is 4.23. The minimum Gasteiger partial charge on any atom is -0.437 e. The number of oxime groups is 1. The van der Waals surface area contributed by atoms with Crippen LogP contribution in [0.5, 0.6) is 0 Å². The van der Waals surface area contributed by atoms with E-state index in [1.807, 2.05) is 60.9 Å². The molecule has 0 aliphatic rings. The lowest BCUT2D eigenvalue weighted by atomic mass is 10.2. The van der Waals surface area contributed by atoms with Crippen molar-refractivity contribution in [2.45, 2.75) is 11.5 Å². The first-order chi connectivity index (χ1) is 11.3. The molecule has 0 amide bonds. The minimum absolute atomic E-state index is 0.201. The average molecular weight is 324 g/mol. The first-order valence-corrected chi connectivity index (χ1v) is 8.37. The van der Waals surface area contributed by atoms with Crippen molar-refractivity contribution in [2.24, 2.45) is 5.16 Å². The summed E-state index contributed by atoms with van der Waals surface area (Å²) in [5.74, 6) is 1.22. The Balaban J connectivity index is 1.54. The van der Waals surface area contributed by atoms with Gasteiger partial charge in [-0.25, -0.2) is 4.98 Å². The quantitative estimate of drug-likeness (QED) is 0.377. The molecule has 0 spiro atoms. The van der Waals surface area contributed by atoms with Gasteiger partial charge in [-0.15, -0.1) is 11.8 Å². The lowest BCUT2D eigenvalue weighted by molar-refractivity contribution is 0.113. The molecule has 0 unspecified atom stereocenters. The number of aromatic nitrogens is 1. The van der Waals surface area contributed by atoms with E-state index in [0.717, 1.165) is 16.9 Å². The molecule has 2 aromatic carbocycles. The second-order valence-corrected chi connectivity index (χ2v) is 5.65. The van der Waals surface area contributed by atoms with E-state index in [0.29, 0.717) is 5.89 Å². The summed E-state index contributed by atoms with van der Waals surface area (Å²) in [4.78, 5) is 10.6. The molecular formula is C18H16N2O2S. The highest BCUT2D eigenvalue weighted by molar-refractivity contribution is 7.98. The van der Waals surface area contributed by atoms with Crippen molar-refractivity contribution in [1.82, 2.24) is 4.98 Å². The lowest BCUT2D eigenvalue weighted by Gasteiger charge is -1.97. The Bertz CT molecular complexity index is 767. The second-order valence-electron chi connectivity index (χ2n) is 4.77. The van der Waals surface area contributed by atoms with Crippen molar-refractivity contribution in [2.75, 3.05) is 6.26 Å². The molecule has 3 rings (SSSR count). The lowest BCUT2D eigenvalue weighted by Crippen LogP contribution is -1.88. The van der Waals surface area contributed by atoms with Crippen LogP contribution in [0.4, 0.5) is 0 Å². The van der Waals surface area contributed by atoms with Crippen LogP contribution in [0.25, 0.3) is 11.3 Å². The van der Waals surface area contributed by atoms with Crippen LogP contribution in [0.15, 0.2) is 75.3 Å². The fourth-order valence-corrected chi connectivity index (χ4v) is 2.40.